The van der Waals surface area contributed by atoms with E-state index in [1.807, 2.05) is 0 Å². The number of aryl methyl sites for hydroxylation is 1. The van der Waals surface area contributed by atoms with Crippen molar-refractivity contribution in [1.82, 2.24) is 14.8 Å². The number of pyridine rings is 1. The molecule has 102 valence electrons. The Balaban J connectivity index is 2.09. The molecule has 4 nitrogen and oxygen atoms in total. The Hall–Kier alpha value is -1.76. The van der Waals surface area contributed by atoms with Gasteiger partial charge in [0.1, 0.15) is 5.82 Å². The average Bonchev–Trinajstić information content (AvgIpc) is 2.72. The van der Waals surface area contributed by atoms with E-state index in [0.29, 0.717) is 6.54 Å². The van der Waals surface area contributed by atoms with Gasteiger partial charge in [0.15, 0.2) is 0 Å². The molecular weight excluding hydrogens is 281 g/mol. The number of halogens is 4. The van der Waals surface area contributed by atoms with Crippen LogP contribution in [0.25, 0.3) is 0 Å². The van der Waals surface area contributed by atoms with Crippen molar-refractivity contribution in [3.05, 3.63) is 40.8 Å². The third-order valence-corrected chi connectivity index (χ3v) is 2.66. The van der Waals surface area contributed by atoms with Crippen LogP contribution in [-0.2, 0) is 19.8 Å². The highest BCUT2D eigenvalue weighted by molar-refractivity contribution is 6.32. The van der Waals surface area contributed by atoms with Gasteiger partial charge in [0, 0.05) is 19.4 Å². The lowest BCUT2D eigenvalue weighted by molar-refractivity contribution is -0.137. The van der Waals surface area contributed by atoms with Crippen molar-refractivity contribution in [2.24, 2.45) is 7.05 Å². The van der Waals surface area contributed by atoms with Gasteiger partial charge >= 0.3 is 6.18 Å². The quantitative estimate of drug-likeness (QED) is 0.944. The standard InChI is InChI=1S/C11H10ClF3N4/c1-19-3-2-8(18-19)6-17-10-9(12)4-7(5-16-10)11(13,14)15/h2-5H,6H2,1H3,(H,16,17). The van der Waals surface area contributed by atoms with E-state index < -0.39 is 11.7 Å². The number of rotatable bonds is 3. The van der Waals surface area contributed by atoms with Gasteiger partial charge in [-0.15, -0.1) is 0 Å². The van der Waals surface area contributed by atoms with E-state index in [1.165, 1.54) is 0 Å². The van der Waals surface area contributed by atoms with Crippen LogP contribution in [-0.4, -0.2) is 14.8 Å². The van der Waals surface area contributed by atoms with Crippen LogP contribution in [0.1, 0.15) is 11.3 Å². The second-order valence-electron chi connectivity index (χ2n) is 3.89. The summed E-state index contributed by atoms with van der Waals surface area (Å²) in [5.41, 5.74) is -0.138. The van der Waals surface area contributed by atoms with Crippen LogP contribution in [0, 0.1) is 0 Å². The van der Waals surface area contributed by atoms with E-state index in [-0.39, 0.29) is 10.8 Å². The van der Waals surface area contributed by atoms with E-state index >= 15 is 0 Å². The predicted octanol–water partition coefficient (Wildman–Crippen LogP) is 3.10. The zero-order valence-electron chi connectivity index (χ0n) is 9.87. The lowest BCUT2D eigenvalue weighted by atomic mass is 10.3. The second-order valence-corrected chi connectivity index (χ2v) is 4.29. The molecule has 0 spiro atoms. The van der Waals surface area contributed by atoms with Crippen LogP contribution >= 0.6 is 11.6 Å². The molecule has 0 aliphatic rings. The van der Waals surface area contributed by atoms with Crippen LogP contribution in [0.5, 0.6) is 0 Å². The molecule has 2 aromatic heterocycles. The number of anilines is 1. The zero-order chi connectivity index (χ0) is 14.0. The topological polar surface area (TPSA) is 42.7 Å². The Morgan fingerprint density at radius 2 is 2.16 bits per heavy atom. The summed E-state index contributed by atoms with van der Waals surface area (Å²) in [6.45, 7) is 0.332. The lowest BCUT2D eigenvalue weighted by Gasteiger charge is -2.10. The maximum Gasteiger partial charge on any atom is 0.417 e. The molecule has 0 saturated carbocycles. The fraction of sp³-hybridized carbons (Fsp3) is 0.273. The van der Waals surface area contributed by atoms with Crippen LogP contribution in [0.2, 0.25) is 5.02 Å². The van der Waals surface area contributed by atoms with Crippen molar-refractivity contribution in [2.45, 2.75) is 12.7 Å². The summed E-state index contributed by atoms with van der Waals surface area (Å²) in [6.07, 6.45) is -1.94. The van der Waals surface area contributed by atoms with Gasteiger partial charge in [-0.2, -0.15) is 18.3 Å². The molecule has 0 aliphatic carbocycles. The van der Waals surface area contributed by atoms with E-state index in [0.717, 1.165) is 18.0 Å². The molecule has 0 saturated heterocycles. The third kappa shape index (κ3) is 3.37. The Labute approximate surface area is 112 Å². The molecule has 0 aliphatic heterocycles. The second kappa shape index (κ2) is 5.08. The van der Waals surface area contributed by atoms with Gasteiger partial charge in [0.2, 0.25) is 0 Å². The third-order valence-electron chi connectivity index (χ3n) is 2.37. The molecule has 8 heteroatoms. The smallest absolute Gasteiger partial charge is 0.363 e. The lowest BCUT2D eigenvalue weighted by Crippen LogP contribution is -2.08. The van der Waals surface area contributed by atoms with Crippen molar-refractivity contribution in [3.8, 4) is 0 Å². The molecule has 0 aromatic carbocycles. The fourth-order valence-electron chi connectivity index (χ4n) is 1.45. The van der Waals surface area contributed by atoms with Crippen LogP contribution in [0.15, 0.2) is 24.5 Å². The maximum atomic E-state index is 12.4. The molecule has 2 aromatic rings. The summed E-state index contributed by atoms with van der Waals surface area (Å²) in [5, 5.41) is 6.87. The Morgan fingerprint density at radius 3 is 2.68 bits per heavy atom. The van der Waals surface area contributed by atoms with E-state index in [2.05, 4.69) is 15.4 Å². The van der Waals surface area contributed by atoms with Gasteiger partial charge in [0.05, 0.1) is 22.8 Å². The van der Waals surface area contributed by atoms with Crippen LogP contribution in [0.4, 0.5) is 19.0 Å². The highest BCUT2D eigenvalue weighted by atomic mass is 35.5. The minimum Gasteiger partial charge on any atom is -0.363 e. The molecule has 0 atom stereocenters. The SMILES string of the molecule is Cn1ccc(CNc2ncc(C(F)(F)F)cc2Cl)n1. The number of nitrogens with one attached hydrogen (secondary N) is 1. The van der Waals surface area contributed by atoms with Gasteiger partial charge in [-0.1, -0.05) is 11.6 Å². The number of alkyl halides is 3. The summed E-state index contributed by atoms with van der Waals surface area (Å²) in [7, 11) is 1.77. The molecular formula is C11H10ClF3N4. The normalized spacial score (nSPS) is 11.6. The summed E-state index contributed by atoms with van der Waals surface area (Å²) < 4.78 is 38.9. The van der Waals surface area contributed by atoms with E-state index in [4.69, 9.17) is 11.6 Å². The van der Waals surface area contributed by atoms with E-state index in [9.17, 15) is 13.2 Å². The van der Waals surface area contributed by atoms with E-state index in [1.54, 1.807) is 24.0 Å². The zero-order valence-corrected chi connectivity index (χ0v) is 10.6. The number of aromatic nitrogens is 3. The first-order valence-corrected chi connectivity index (χ1v) is 5.69. The fourth-order valence-corrected chi connectivity index (χ4v) is 1.69. The first-order chi connectivity index (χ1) is 8.86. The Kier molecular flexibility index (Phi) is 3.66. The number of hydrogen-bond donors (Lipinski definition) is 1. The Morgan fingerprint density at radius 1 is 1.42 bits per heavy atom. The summed E-state index contributed by atoms with van der Waals surface area (Å²) in [5.74, 6) is 0.195. The van der Waals surface area contributed by atoms with Crippen molar-refractivity contribution in [3.63, 3.8) is 0 Å². The molecule has 1 N–H and O–H groups in total. The number of hydrogen-bond acceptors (Lipinski definition) is 3. The molecule has 0 bridgehead atoms. The molecule has 19 heavy (non-hydrogen) atoms. The van der Waals surface area contributed by atoms with Crippen molar-refractivity contribution < 1.29 is 13.2 Å². The first-order valence-electron chi connectivity index (χ1n) is 5.31. The maximum absolute atomic E-state index is 12.4. The predicted molar refractivity (Wildman–Crippen MR) is 64.8 cm³/mol. The number of nitrogens with zero attached hydrogens (tertiary/aromatic N) is 3. The van der Waals surface area contributed by atoms with Gasteiger partial charge < -0.3 is 5.32 Å². The van der Waals surface area contributed by atoms with Crippen LogP contribution in [0.3, 0.4) is 0 Å². The molecule has 0 amide bonds. The highest BCUT2D eigenvalue weighted by Crippen LogP contribution is 2.32. The molecule has 0 unspecified atom stereocenters. The molecule has 0 fully saturated rings. The van der Waals surface area contributed by atoms with Gasteiger partial charge in [-0.25, -0.2) is 4.98 Å². The van der Waals surface area contributed by atoms with Gasteiger partial charge in [-0.05, 0) is 12.1 Å². The summed E-state index contributed by atoms with van der Waals surface area (Å²) >= 11 is 5.76. The minimum atomic E-state index is -4.45. The highest BCUT2D eigenvalue weighted by Gasteiger charge is 2.31. The molecule has 0 radical (unpaired) electrons. The summed E-state index contributed by atoms with van der Waals surface area (Å²) in [6, 6.07) is 2.63. The Bertz CT molecular complexity index is 580. The van der Waals surface area contributed by atoms with Gasteiger partial charge in [-0.3, -0.25) is 4.68 Å². The van der Waals surface area contributed by atoms with Gasteiger partial charge in [0.25, 0.3) is 0 Å². The van der Waals surface area contributed by atoms with Crippen molar-refractivity contribution in [2.75, 3.05) is 5.32 Å². The average molecular weight is 291 g/mol. The summed E-state index contributed by atoms with van der Waals surface area (Å²) in [4.78, 5) is 3.67. The molecule has 2 heterocycles. The van der Waals surface area contributed by atoms with Crippen molar-refractivity contribution >= 4 is 17.4 Å². The van der Waals surface area contributed by atoms with Crippen molar-refractivity contribution in [1.29, 1.82) is 0 Å². The monoisotopic (exact) mass is 290 g/mol. The van der Waals surface area contributed by atoms with Crippen LogP contribution < -0.4 is 5.32 Å². The largest absolute Gasteiger partial charge is 0.417 e. The first kappa shape index (κ1) is 13.7. The minimum absolute atomic E-state index is 0.0780. The molecule has 2 rings (SSSR count).